The van der Waals surface area contributed by atoms with Gasteiger partial charge in [0.2, 0.25) is 11.8 Å². The number of hydrogen-bond acceptors (Lipinski definition) is 3. The van der Waals surface area contributed by atoms with E-state index in [2.05, 4.69) is 10.6 Å². The maximum atomic E-state index is 12.8. The van der Waals surface area contributed by atoms with Crippen molar-refractivity contribution < 1.29 is 9.59 Å². The molecule has 4 nitrogen and oxygen atoms in total. The van der Waals surface area contributed by atoms with Crippen molar-refractivity contribution in [3.63, 3.8) is 0 Å². The number of carbonyl (C=O) groups is 2. The molecule has 5 heteroatoms. The zero-order valence-corrected chi connectivity index (χ0v) is 15.5. The van der Waals surface area contributed by atoms with E-state index in [9.17, 15) is 9.59 Å². The van der Waals surface area contributed by atoms with Gasteiger partial charge in [-0.05, 0) is 29.8 Å². The van der Waals surface area contributed by atoms with Crippen LogP contribution >= 0.6 is 11.8 Å². The number of anilines is 1. The van der Waals surface area contributed by atoms with Crippen molar-refractivity contribution in [2.24, 2.45) is 0 Å². The Kier molecular flexibility index (Phi) is 6.66. The quantitative estimate of drug-likeness (QED) is 0.605. The Labute approximate surface area is 163 Å². The highest BCUT2D eigenvalue weighted by atomic mass is 32.2. The van der Waals surface area contributed by atoms with Crippen molar-refractivity contribution in [3.8, 4) is 0 Å². The molecule has 0 radical (unpaired) electrons. The summed E-state index contributed by atoms with van der Waals surface area (Å²) in [6.07, 6.45) is 0. The average Bonchev–Trinajstić information content (AvgIpc) is 2.72. The molecule has 2 N–H and O–H groups in total. The smallest absolute Gasteiger partial charge is 0.243 e. The van der Waals surface area contributed by atoms with Gasteiger partial charge in [0.1, 0.15) is 5.25 Å². The van der Waals surface area contributed by atoms with E-state index < -0.39 is 5.25 Å². The fourth-order valence-electron chi connectivity index (χ4n) is 2.52. The molecule has 0 aromatic heterocycles. The maximum absolute atomic E-state index is 12.8. The van der Waals surface area contributed by atoms with Gasteiger partial charge in [0, 0.05) is 10.6 Å². The molecule has 0 bridgehead atoms. The van der Waals surface area contributed by atoms with Gasteiger partial charge < -0.3 is 10.6 Å². The third-order valence-corrected chi connectivity index (χ3v) is 5.08. The fraction of sp³-hybridized carbons (Fsp3) is 0.0909. The van der Waals surface area contributed by atoms with E-state index in [1.165, 1.54) is 11.8 Å². The molecule has 0 aliphatic heterocycles. The molecule has 1 atom stereocenters. The third kappa shape index (κ3) is 5.72. The second kappa shape index (κ2) is 9.59. The molecule has 0 spiro atoms. The minimum Gasteiger partial charge on any atom is -0.346 e. The van der Waals surface area contributed by atoms with Crippen LogP contribution in [0.1, 0.15) is 10.8 Å². The molecule has 27 heavy (non-hydrogen) atoms. The van der Waals surface area contributed by atoms with E-state index in [-0.39, 0.29) is 18.4 Å². The zero-order valence-electron chi connectivity index (χ0n) is 14.7. The molecule has 2 amide bonds. The predicted molar refractivity (Wildman–Crippen MR) is 110 cm³/mol. The maximum Gasteiger partial charge on any atom is 0.243 e. The molecular formula is C22H20N2O2S. The number of para-hydroxylation sites is 1. The minimum absolute atomic E-state index is 0.0770. The first-order valence-electron chi connectivity index (χ1n) is 8.61. The fourth-order valence-corrected chi connectivity index (χ4v) is 3.59. The van der Waals surface area contributed by atoms with E-state index in [4.69, 9.17) is 0 Å². The number of amides is 2. The lowest BCUT2D eigenvalue weighted by atomic mass is 10.1. The Hall–Kier alpha value is -3.05. The Morgan fingerprint density at radius 1 is 0.778 bits per heavy atom. The molecule has 0 saturated heterocycles. The van der Waals surface area contributed by atoms with Crippen LogP contribution < -0.4 is 10.6 Å². The summed E-state index contributed by atoms with van der Waals surface area (Å²) in [7, 11) is 0. The molecule has 0 fully saturated rings. The summed E-state index contributed by atoms with van der Waals surface area (Å²) in [4.78, 5) is 25.9. The monoisotopic (exact) mass is 376 g/mol. The number of carbonyl (C=O) groups excluding carboxylic acids is 2. The summed E-state index contributed by atoms with van der Waals surface area (Å²) in [5.41, 5.74) is 1.60. The van der Waals surface area contributed by atoms with E-state index in [1.807, 2.05) is 78.9 Å². The molecule has 0 aliphatic rings. The number of nitrogens with one attached hydrogen (secondary N) is 2. The molecule has 0 saturated carbocycles. The van der Waals surface area contributed by atoms with Crippen LogP contribution in [0.4, 0.5) is 5.69 Å². The summed E-state index contributed by atoms with van der Waals surface area (Å²) in [6.45, 7) is -0.0770. The van der Waals surface area contributed by atoms with Crippen molar-refractivity contribution >= 4 is 29.3 Å². The average molecular weight is 376 g/mol. The Balaban J connectivity index is 1.65. The van der Waals surface area contributed by atoms with Crippen molar-refractivity contribution in [3.05, 3.63) is 96.6 Å². The van der Waals surface area contributed by atoms with E-state index >= 15 is 0 Å². The lowest BCUT2D eigenvalue weighted by Crippen LogP contribution is -2.35. The summed E-state index contributed by atoms with van der Waals surface area (Å²) in [6, 6.07) is 28.5. The highest BCUT2D eigenvalue weighted by Gasteiger charge is 2.22. The van der Waals surface area contributed by atoms with E-state index in [0.29, 0.717) is 5.69 Å². The predicted octanol–water partition coefficient (Wildman–Crippen LogP) is 4.27. The van der Waals surface area contributed by atoms with Gasteiger partial charge in [-0.3, -0.25) is 9.59 Å². The van der Waals surface area contributed by atoms with Crippen LogP contribution in [0.2, 0.25) is 0 Å². The van der Waals surface area contributed by atoms with Crippen LogP contribution in [0.5, 0.6) is 0 Å². The zero-order chi connectivity index (χ0) is 18.9. The molecular weight excluding hydrogens is 356 g/mol. The van der Waals surface area contributed by atoms with Gasteiger partial charge in [0.05, 0.1) is 6.54 Å². The van der Waals surface area contributed by atoms with Gasteiger partial charge in [-0.15, -0.1) is 11.8 Å². The lowest BCUT2D eigenvalue weighted by molar-refractivity contribution is -0.123. The first-order valence-corrected chi connectivity index (χ1v) is 9.49. The highest BCUT2D eigenvalue weighted by molar-refractivity contribution is 8.00. The molecule has 136 valence electrons. The van der Waals surface area contributed by atoms with Crippen LogP contribution in [0.25, 0.3) is 0 Å². The van der Waals surface area contributed by atoms with Gasteiger partial charge in [-0.2, -0.15) is 0 Å². The third-order valence-electron chi connectivity index (χ3n) is 3.82. The first kappa shape index (κ1) is 18.7. The molecule has 3 aromatic carbocycles. The SMILES string of the molecule is O=C(CNC(=O)C(Sc1ccccc1)c1ccccc1)Nc1ccccc1. The largest absolute Gasteiger partial charge is 0.346 e. The topological polar surface area (TPSA) is 58.2 Å². The molecule has 0 heterocycles. The van der Waals surface area contributed by atoms with Gasteiger partial charge in [-0.1, -0.05) is 66.7 Å². The summed E-state index contributed by atoms with van der Waals surface area (Å²) >= 11 is 1.46. The number of rotatable bonds is 7. The molecule has 0 aliphatic carbocycles. The first-order chi connectivity index (χ1) is 13.2. The van der Waals surface area contributed by atoms with Crippen LogP contribution in [0.3, 0.4) is 0 Å². The Bertz CT molecular complexity index is 871. The molecule has 3 aromatic rings. The molecule has 3 rings (SSSR count). The van der Waals surface area contributed by atoms with E-state index in [0.717, 1.165) is 10.5 Å². The number of thioether (sulfide) groups is 1. The van der Waals surface area contributed by atoms with Crippen LogP contribution in [0.15, 0.2) is 95.9 Å². The van der Waals surface area contributed by atoms with Crippen molar-refractivity contribution in [2.75, 3.05) is 11.9 Å². The lowest BCUT2D eigenvalue weighted by Gasteiger charge is -2.17. The van der Waals surface area contributed by atoms with Crippen molar-refractivity contribution in [2.45, 2.75) is 10.1 Å². The van der Waals surface area contributed by atoms with Crippen LogP contribution in [0, 0.1) is 0 Å². The summed E-state index contributed by atoms with van der Waals surface area (Å²) < 4.78 is 0. The van der Waals surface area contributed by atoms with Gasteiger partial charge >= 0.3 is 0 Å². The minimum atomic E-state index is -0.432. The van der Waals surface area contributed by atoms with Gasteiger partial charge in [0.15, 0.2) is 0 Å². The van der Waals surface area contributed by atoms with Crippen molar-refractivity contribution in [1.29, 1.82) is 0 Å². The molecule has 1 unspecified atom stereocenters. The van der Waals surface area contributed by atoms with E-state index in [1.54, 1.807) is 12.1 Å². The highest BCUT2D eigenvalue weighted by Crippen LogP contribution is 2.35. The van der Waals surface area contributed by atoms with Gasteiger partial charge in [-0.25, -0.2) is 0 Å². The Morgan fingerprint density at radius 3 is 1.96 bits per heavy atom. The second-order valence-corrected chi connectivity index (χ2v) is 7.03. The Morgan fingerprint density at radius 2 is 1.33 bits per heavy atom. The summed E-state index contributed by atoms with van der Waals surface area (Å²) in [5, 5.41) is 5.08. The standard InChI is InChI=1S/C22H20N2O2S/c25-20(24-18-12-6-2-7-13-18)16-23-22(26)21(17-10-4-1-5-11-17)27-19-14-8-3-9-15-19/h1-15,21H,16H2,(H,23,26)(H,24,25). The van der Waals surface area contributed by atoms with Crippen molar-refractivity contribution in [1.82, 2.24) is 5.32 Å². The number of hydrogen-bond donors (Lipinski definition) is 2. The second-order valence-electron chi connectivity index (χ2n) is 5.85. The summed E-state index contributed by atoms with van der Waals surface area (Å²) in [5.74, 6) is -0.454. The van der Waals surface area contributed by atoms with Crippen LogP contribution in [-0.4, -0.2) is 18.4 Å². The number of benzene rings is 3. The normalized spacial score (nSPS) is 11.4. The van der Waals surface area contributed by atoms with Gasteiger partial charge in [0.25, 0.3) is 0 Å². The van der Waals surface area contributed by atoms with Crippen LogP contribution in [-0.2, 0) is 9.59 Å².